The zero-order chi connectivity index (χ0) is 10.1. The first kappa shape index (κ1) is 9.81. The highest BCUT2D eigenvalue weighted by Crippen LogP contribution is 2.29. The van der Waals surface area contributed by atoms with Gasteiger partial charge in [-0.25, -0.2) is 0 Å². The number of rotatable bonds is 2. The van der Waals surface area contributed by atoms with E-state index in [1.807, 2.05) is 24.4 Å². The van der Waals surface area contributed by atoms with Crippen molar-refractivity contribution in [1.29, 1.82) is 0 Å². The van der Waals surface area contributed by atoms with E-state index in [-0.39, 0.29) is 0 Å². The van der Waals surface area contributed by atoms with E-state index in [1.54, 1.807) is 0 Å². The van der Waals surface area contributed by atoms with E-state index in [1.165, 1.54) is 10.9 Å². The molecule has 1 nitrogen and oxygen atoms in total. The summed E-state index contributed by atoms with van der Waals surface area (Å²) in [5.74, 6) is 0. The summed E-state index contributed by atoms with van der Waals surface area (Å²) in [7, 11) is 0. The Morgan fingerprint density at radius 1 is 1.50 bits per heavy atom. The predicted molar refractivity (Wildman–Crippen MR) is 64.9 cm³/mol. The van der Waals surface area contributed by atoms with Crippen LogP contribution in [0.1, 0.15) is 5.56 Å². The number of allylic oxidation sites excluding steroid dienone is 1. The number of aromatic nitrogens is 1. The lowest BCUT2D eigenvalue weighted by Gasteiger charge is -1.98. The van der Waals surface area contributed by atoms with E-state index in [9.17, 15) is 0 Å². The van der Waals surface area contributed by atoms with Gasteiger partial charge < -0.3 is 4.98 Å². The SMILES string of the molecule is C=CCc1c[nH]c2cc(Cl)c(Br)cc12. The highest BCUT2D eigenvalue weighted by molar-refractivity contribution is 9.10. The number of nitrogens with one attached hydrogen (secondary N) is 1. The fourth-order valence-electron chi connectivity index (χ4n) is 1.50. The lowest BCUT2D eigenvalue weighted by atomic mass is 10.1. The van der Waals surface area contributed by atoms with Crippen molar-refractivity contribution in [3.63, 3.8) is 0 Å². The summed E-state index contributed by atoms with van der Waals surface area (Å²) in [5, 5.41) is 1.92. The molecular weight excluding hydrogens is 261 g/mol. The van der Waals surface area contributed by atoms with Gasteiger partial charge in [0.15, 0.2) is 0 Å². The standard InChI is InChI=1S/C11H9BrClN/c1-2-3-7-6-14-11-5-10(13)9(12)4-8(7)11/h2,4-6,14H,1,3H2. The number of benzene rings is 1. The first-order valence-corrected chi connectivity index (χ1v) is 5.45. The average Bonchev–Trinajstić information content (AvgIpc) is 2.51. The third kappa shape index (κ3) is 1.60. The third-order valence-electron chi connectivity index (χ3n) is 2.17. The van der Waals surface area contributed by atoms with Crippen molar-refractivity contribution in [2.75, 3.05) is 0 Å². The smallest absolute Gasteiger partial charge is 0.0569 e. The Morgan fingerprint density at radius 3 is 3.00 bits per heavy atom. The maximum atomic E-state index is 5.99. The molecule has 0 saturated heterocycles. The molecule has 1 aromatic heterocycles. The van der Waals surface area contributed by atoms with Gasteiger partial charge in [-0.1, -0.05) is 17.7 Å². The molecule has 0 spiro atoms. The predicted octanol–water partition coefficient (Wildman–Crippen LogP) is 4.31. The molecule has 14 heavy (non-hydrogen) atoms. The van der Waals surface area contributed by atoms with E-state index < -0.39 is 0 Å². The summed E-state index contributed by atoms with van der Waals surface area (Å²) in [6, 6.07) is 3.96. The normalized spacial score (nSPS) is 10.7. The van der Waals surface area contributed by atoms with Crippen LogP contribution < -0.4 is 0 Å². The largest absolute Gasteiger partial charge is 0.361 e. The van der Waals surface area contributed by atoms with Gasteiger partial charge in [0, 0.05) is 21.6 Å². The highest BCUT2D eigenvalue weighted by atomic mass is 79.9. The summed E-state index contributed by atoms with van der Waals surface area (Å²) in [6.45, 7) is 3.73. The first-order valence-electron chi connectivity index (χ1n) is 4.28. The molecule has 0 radical (unpaired) electrons. The Bertz CT molecular complexity index is 487. The van der Waals surface area contributed by atoms with Crippen LogP contribution in [0.15, 0.2) is 35.5 Å². The summed E-state index contributed by atoms with van der Waals surface area (Å²) in [4.78, 5) is 3.19. The van der Waals surface area contributed by atoms with E-state index in [0.29, 0.717) is 0 Å². The molecule has 0 bridgehead atoms. The zero-order valence-electron chi connectivity index (χ0n) is 7.48. The van der Waals surface area contributed by atoms with Crippen LogP contribution in [0, 0.1) is 0 Å². The van der Waals surface area contributed by atoms with Gasteiger partial charge in [-0.05, 0) is 40.0 Å². The molecule has 1 aromatic carbocycles. The molecule has 2 rings (SSSR count). The highest BCUT2D eigenvalue weighted by Gasteiger charge is 2.05. The fourth-order valence-corrected chi connectivity index (χ4v) is 2.01. The number of halogens is 2. The van der Waals surface area contributed by atoms with Crippen molar-refractivity contribution in [2.45, 2.75) is 6.42 Å². The van der Waals surface area contributed by atoms with Crippen LogP contribution in [0.3, 0.4) is 0 Å². The lowest BCUT2D eigenvalue weighted by Crippen LogP contribution is -1.77. The third-order valence-corrected chi connectivity index (χ3v) is 3.37. The van der Waals surface area contributed by atoms with Gasteiger partial charge in [0.1, 0.15) is 0 Å². The van der Waals surface area contributed by atoms with Gasteiger partial charge >= 0.3 is 0 Å². The molecule has 3 heteroatoms. The second kappa shape index (κ2) is 3.79. The topological polar surface area (TPSA) is 15.8 Å². The molecule has 0 atom stereocenters. The monoisotopic (exact) mass is 269 g/mol. The number of hydrogen-bond acceptors (Lipinski definition) is 0. The summed E-state index contributed by atoms with van der Waals surface area (Å²) >= 11 is 9.40. The summed E-state index contributed by atoms with van der Waals surface area (Å²) < 4.78 is 0.927. The number of aromatic amines is 1. The molecule has 1 heterocycles. The van der Waals surface area contributed by atoms with Gasteiger partial charge in [0.2, 0.25) is 0 Å². The number of H-pyrrole nitrogens is 1. The molecule has 0 aliphatic carbocycles. The minimum Gasteiger partial charge on any atom is -0.361 e. The maximum absolute atomic E-state index is 5.99. The van der Waals surface area contributed by atoms with E-state index in [0.717, 1.165) is 21.4 Å². The maximum Gasteiger partial charge on any atom is 0.0569 e. The quantitative estimate of drug-likeness (QED) is 0.783. The molecule has 0 fully saturated rings. The molecule has 0 unspecified atom stereocenters. The van der Waals surface area contributed by atoms with Crippen LogP contribution in [-0.2, 0) is 6.42 Å². The van der Waals surface area contributed by atoms with E-state index in [2.05, 4.69) is 27.5 Å². The van der Waals surface area contributed by atoms with Crippen LogP contribution in [0.4, 0.5) is 0 Å². The van der Waals surface area contributed by atoms with Gasteiger partial charge in [-0.15, -0.1) is 6.58 Å². The lowest BCUT2D eigenvalue weighted by molar-refractivity contribution is 1.29. The molecule has 0 aliphatic heterocycles. The molecule has 2 aromatic rings. The van der Waals surface area contributed by atoms with Crippen molar-refractivity contribution < 1.29 is 0 Å². The summed E-state index contributed by atoms with van der Waals surface area (Å²) in [6.07, 6.45) is 4.76. The Hall–Kier alpha value is -0.730. The van der Waals surface area contributed by atoms with Gasteiger partial charge in [-0.2, -0.15) is 0 Å². The first-order chi connectivity index (χ1) is 6.72. The Morgan fingerprint density at radius 2 is 2.29 bits per heavy atom. The van der Waals surface area contributed by atoms with Crippen LogP contribution in [0.5, 0.6) is 0 Å². The van der Waals surface area contributed by atoms with E-state index in [4.69, 9.17) is 11.6 Å². The van der Waals surface area contributed by atoms with Gasteiger partial charge in [-0.3, -0.25) is 0 Å². The minimum absolute atomic E-state index is 0.726. The van der Waals surface area contributed by atoms with E-state index >= 15 is 0 Å². The van der Waals surface area contributed by atoms with Crippen LogP contribution in [0.25, 0.3) is 10.9 Å². The van der Waals surface area contributed by atoms with Crippen LogP contribution >= 0.6 is 27.5 Å². The van der Waals surface area contributed by atoms with Crippen molar-refractivity contribution in [1.82, 2.24) is 4.98 Å². The molecule has 72 valence electrons. The average molecular weight is 271 g/mol. The number of hydrogen-bond donors (Lipinski definition) is 1. The van der Waals surface area contributed by atoms with Crippen molar-refractivity contribution in [3.8, 4) is 0 Å². The molecular formula is C11H9BrClN. The summed E-state index contributed by atoms with van der Waals surface area (Å²) in [5.41, 5.74) is 2.31. The van der Waals surface area contributed by atoms with Crippen LogP contribution in [0.2, 0.25) is 5.02 Å². The molecule has 0 aliphatic rings. The van der Waals surface area contributed by atoms with Gasteiger partial charge in [0.25, 0.3) is 0 Å². The zero-order valence-corrected chi connectivity index (χ0v) is 9.82. The van der Waals surface area contributed by atoms with Crippen molar-refractivity contribution in [3.05, 3.63) is 46.0 Å². The Balaban J connectivity index is 2.67. The minimum atomic E-state index is 0.726. The fraction of sp³-hybridized carbons (Fsp3) is 0.0909. The molecule has 0 saturated carbocycles. The molecule has 1 N–H and O–H groups in total. The van der Waals surface area contributed by atoms with Crippen LogP contribution in [-0.4, -0.2) is 4.98 Å². The Labute approximate surface area is 95.9 Å². The van der Waals surface area contributed by atoms with Crippen molar-refractivity contribution >= 4 is 38.4 Å². The molecule has 0 amide bonds. The second-order valence-corrected chi connectivity index (χ2v) is 4.38. The Kier molecular flexibility index (Phi) is 2.66. The van der Waals surface area contributed by atoms with Gasteiger partial charge in [0.05, 0.1) is 5.02 Å². The number of fused-ring (bicyclic) bond motifs is 1. The second-order valence-electron chi connectivity index (χ2n) is 3.12. The van der Waals surface area contributed by atoms with Crippen molar-refractivity contribution in [2.24, 2.45) is 0 Å².